The van der Waals surface area contributed by atoms with Crippen LogP contribution in [-0.4, -0.2) is 22.9 Å². The molecule has 7 heteroatoms. The van der Waals surface area contributed by atoms with Crippen molar-refractivity contribution in [3.05, 3.63) is 89.5 Å². The van der Waals surface area contributed by atoms with Crippen molar-refractivity contribution in [3.63, 3.8) is 0 Å². The van der Waals surface area contributed by atoms with Crippen LogP contribution in [0, 0.1) is 0 Å². The summed E-state index contributed by atoms with van der Waals surface area (Å²) >= 11 is 1.69. The van der Waals surface area contributed by atoms with Crippen molar-refractivity contribution in [2.75, 3.05) is 16.8 Å². The molecule has 4 N–H and O–H groups in total. The van der Waals surface area contributed by atoms with Crippen molar-refractivity contribution >= 4 is 29.0 Å². The number of nitrogens with two attached hydrogens (primary N) is 1. The molecule has 256 valence electrons. The first-order valence-electron chi connectivity index (χ1n) is 17.9. The molecule has 1 saturated heterocycles. The Bertz CT molecular complexity index is 1320. The third kappa shape index (κ3) is 13.3. The van der Waals surface area contributed by atoms with E-state index in [9.17, 15) is 9.90 Å². The lowest BCUT2D eigenvalue weighted by molar-refractivity contribution is -0.245. The number of benzene rings is 3. The summed E-state index contributed by atoms with van der Waals surface area (Å²) < 4.78 is 13.0. The second-order valence-electron chi connectivity index (χ2n) is 12.9. The lowest BCUT2D eigenvalue weighted by Crippen LogP contribution is -2.31. The van der Waals surface area contributed by atoms with Gasteiger partial charge in [-0.05, 0) is 41.8 Å². The predicted octanol–water partition coefficient (Wildman–Crippen LogP) is 10.5. The van der Waals surface area contributed by atoms with Crippen molar-refractivity contribution in [2.45, 2.75) is 133 Å². The quantitative estimate of drug-likeness (QED) is 0.0598. The molecular weight excluding hydrogens is 605 g/mol. The SMILES string of the molecule is CCCCCCCCCCCCCCCC(=O)Nc1cccc(C2O[C@H](CSc3ccccc3N)C[C@H](c3ccc(CO)cc3)O2)c1. The van der Waals surface area contributed by atoms with Crippen LogP contribution in [0.1, 0.15) is 132 Å². The predicted molar refractivity (Wildman–Crippen MR) is 195 cm³/mol. The Morgan fingerprint density at radius 1 is 0.809 bits per heavy atom. The van der Waals surface area contributed by atoms with Crippen LogP contribution in [0.2, 0.25) is 0 Å². The number of aliphatic hydroxyl groups is 1. The van der Waals surface area contributed by atoms with Gasteiger partial charge in [0.05, 0.1) is 18.8 Å². The number of hydrogen-bond acceptors (Lipinski definition) is 6. The lowest BCUT2D eigenvalue weighted by Gasteiger charge is -2.36. The first kappa shape index (κ1) is 37.0. The Hall–Kier alpha value is -2.84. The maximum atomic E-state index is 12.8. The van der Waals surface area contributed by atoms with Crippen molar-refractivity contribution in [1.82, 2.24) is 0 Å². The highest BCUT2D eigenvalue weighted by atomic mass is 32.2. The Balaban J connectivity index is 1.24. The third-order valence-corrected chi connectivity index (χ3v) is 10.1. The molecule has 3 aromatic rings. The first-order valence-corrected chi connectivity index (χ1v) is 18.9. The van der Waals surface area contributed by atoms with E-state index in [4.69, 9.17) is 15.2 Å². The monoisotopic (exact) mass is 660 g/mol. The van der Waals surface area contributed by atoms with E-state index < -0.39 is 6.29 Å². The number of para-hydroxylation sites is 1. The minimum absolute atomic E-state index is 0.00712. The molecule has 0 spiro atoms. The van der Waals surface area contributed by atoms with Gasteiger partial charge in [-0.3, -0.25) is 4.79 Å². The molecule has 1 aliphatic rings. The number of hydrogen-bond donors (Lipinski definition) is 3. The molecule has 1 unspecified atom stereocenters. The van der Waals surface area contributed by atoms with Crippen LogP contribution < -0.4 is 11.1 Å². The zero-order chi connectivity index (χ0) is 33.1. The minimum Gasteiger partial charge on any atom is -0.398 e. The standard InChI is InChI=1S/C40H56N2O4S/c1-2-3-4-5-6-7-8-9-10-11-12-13-14-22-39(44)42-34-19-17-18-33(27-34)40-45-35(30-47-38-21-16-15-20-36(38)41)28-37(46-40)32-25-23-31(29-43)24-26-32/h15-21,23-27,35,37,40,43H,2-14,22,28-30,41H2,1H3,(H,42,44)/t35-,37+,40?/m0/s1. The number of nitrogen functional groups attached to an aromatic ring is 1. The van der Waals surface area contributed by atoms with Crippen LogP contribution in [0.3, 0.4) is 0 Å². The molecule has 0 saturated carbocycles. The molecule has 1 heterocycles. The number of ether oxygens (including phenoxy) is 2. The molecule has 47 heavy (non-hydrogen) atoms. The van der Waals surface area contributed by atoms with Gasteiger partial charge < -0.3 is 25.6 Å². The molecule has 1 amide bonds. The van der Waals surface area contributed by atoms with Crippen LogP contribution in [-0.2, 0) is 20.9 Å². The van der Waals surface area contributed by atoms with Gasteiger partial charge in [-0.2, -0.15) is 0 Å². The van der Waals surface area contributed by atoms with Gasteiger partial charge in [0.2, 0.25) is 5.91 Å². The smallest absolute Gasteiger partial charge is 0.224 e. The van der Waals surface area contributed by atoms with Gasteiger partial charge in [-0.25, -0.2) is 0 Å². The second kappa shape index (κ2) is 21.2. The number of thioether (sulfide) groups is 1. The molecule has 3 aromatic carbocycles. The van der Waals surface area contributed by atoms with Crippen molar-refractivity contribution in [2.24, 2.45) is 0 Å². The van der Waals surface area contributed by atoms with E-state index in [2.05, 4.69) is 12.2 Å². The molecule has 0 aromatic heterocycles. The highest BCUT2D eigenvalue weighted by molar-refractivity contribution is 7.99. The third-order valence-electron chi connectivity index (χ3n) is 8.91. The molecule has 3 atom stereocenters. The molecule has 6 nitrogen and oxygen atoms in total. The van der Waals surface area contributed by atoms with E-state index >= 15 is 0 Å². The van der Waals surface area contributed by atoms with Gasteiger partial charge in [-0.1, -0.05) is 133 Å². The second-order valence-corrected chi connectivity index (χ2v) is 13.9. The number of aliphatic hydroxyl groups excluding tert-OH is 1. The van der Waals surface area contributed by atoms with Crippen LogP contribution in [0.15, 0.2) is 77.7 Å². The Morgan fingerprint density at radius 2 is 1.47 bits per heavy atom. The number of nitrogens with one attached hydrogen (secondary N) is 1. The maximum absolute atomic E-state index is 12.8. The number of anilines is 2. The molecule has 1 fully saturated rings. The van der Waals surface area contributed by atoms with Crippen LogP contribution in [0.4, 0.5) is 11.4 Å². The van der Waals surface area contributed by atoms with Crippen molar-refractivity contribution in [3.8, 4) is 0 Å². The topological polar surface area (TPSA) is 93.8 Å². The van der Waals surface area contributed by atoms with E-state index in [1.165, 1.54) is 70.6 Å². The number of carbonyl (C=O) groups excluding carboxylic acids is 1. The van der Waals surface area contributed by atoms with Gasteiger partial charge in [0.1, 0.15) is 0 Å². The fourth-order valence-electron chi connectivity index (χ4n) is 6.11. The normalized spacial score (nSPS) is 17.9. The minimum atomic E-state index is -0.581. The average molecular weight is 661 g/mol. The summed E-state index contributed by atoms with van der Waals surface area (Å²) in [5.74, 6) is 0.779. The average Bonchev–Trinajstić information content (AvgIpc) is 3.10. The van der Waals surface area contributed by atoms with Crippen LogP contribution in [0.5, 0.6) is 0 Å². The van der Waals surface area contributed by atoms with Crippen molar-refractivity contribution < 1.29 is 19.4 Å². The first-order chi connectivity index (χ1) is 23.1. The Kier molecular flexibility index (Phi) is 16.7. The summed E-state index contributed by atoms with van der Waals surface area (Å²) in [7, 11) is 0. The summed E-state index contributed by atoms with van der Waals surface area (Å²) in [5, 5.41) is 12.6. The van der Waals surface area contributed by atoms with Gasteiger partial charge >= 0.3 is 0 Å². The van der Waals surface area contributed by atoms with Gasteiger partial charge in [0.15, 0.2) is 6.29 Å². The number of carbonyl (C=O) groups is 1. The Labute approximate surface area is 287 Å². The van der Waals surface area contributed by atoms with Crippen LogP contribution in [0.25, 0.3) is 0 Å². The molecule has 1 aliphatic heterocycles. The number of unbranched alkanes of at least 4 members (excludes halogenated alkanes) is 12. The Morgan fingerprint density at radius 3 is 2.13 bits per heavy atom. The number of amides is 1. The van der Waals surface area contributed by atoms with E-state index in [-0.39, 0.29) is 24.7 Å². The van der Waals surface area contributed by atoms with Crippen molar-refractivity contribution in [1.29, 1.82) is 0 Å². The van der Waals surface area contributed by atoms with E-state index in [1.54, 1.807) is 11.8 Å². The fourth-order valence-corrected chi connectivity index (χ4v) is 7.10. The highest BCUT2D eigenvalue weighted by Crippen LogP contribution is 2.40. The zero-order valence-corrected chi connectivity index (χ0v) is 29.2. The summed E-state index contributed by atoms with van der Waals surface area (Å²) in [6, 6.07) is 23.6. The van der Waals surface area contributed by atoms with E-state index in [0.29, 0.717) is 12.8 Å². The maximum Gasteiger partial charge on any atom is 0.224 e. The highest BCUT2D eigenvalue weighted by Gasteiger charge is 2.32. The zero-order valence-electron chi connectivity index (χ0n) is 28.3. The molecule has 0 bridgehead atoms. The molecule has 0 aliphatic carbocycles. The molecular formula is C40H56N2O4S. The van der Waals surface area contributed by atoms with Gasteiger partial charge in [-0.15, -0.1) is 11.8 Å². The fraction of sp³-hybridized carbons (Fsp3) is 0.525. The molecule has 4 rings (SSSR count). The largest absolute Gasteiger partial charge is 0.398 e. The molecule has 0 radical (unpaired) electrons. The lowest BCUT2D eigenvalue weighted by atomic mass is 10.0. The summed E-state index contributed by atoms with van der Waals surface area (Å²) in [6.07, 6.45) is 17.2. The summed E-state index contributed by atoms with van der Waals surface area (Å²) in [5.41, 5.74) is 10.5. The number of rotatable bonds is 21. The van der Waals surface area contributed by atoms with E-state index in [0.717, 1.165) is 51.6 Å². The van der Waals surface area contributed by atoms with Gasteiger partial charge in [0, 0.05) is 40.4 Å². The van der Waals surface area contributed by atoms with Gasteiger partial charge in [0.25, 0.3) is 0 Å². The van der Waals surface area contributed by atoms with Crippen LogP contribution >= 0.6 is 11.8 Å². The van der Waals surface area contributed by atoms with E-state index in [1.807, 2.05) is 72.8 Å². The summed E-state index contributed by atoms with van der Waals surface area (Å²) in [6.45, 7) is 2.28. The summed E-state index contributed by atoms with van der Waals surface area (Å²) in [4.78, 5) is 13.8.